The van der Waals surface area contributed by atoms with Crippen molar-refractivity contribution in [1.29, 1.82) is 0 Å². The lowest BCUT2D eigenvalue weighted by molar-refractivity contribution is -0.140. The van der Waals surface area contributed by atoms with Gasteiger partial charge >= 0.3 is 0 Å². The van der Waals surface area contributed by atoms with Crippen LogP contribution in [0.5, 0.6) is 0 Å². The highest BCUT2D eigenvalue weighted by Gasteiger charge is 2.32. The normalized spacial score (nSPS) is 12.2. The highest BCUT2D eigenvalue weighted by molar-refractivity contribution is 7.92. The van der Waals surface area contributed by atoms with Crippen molar-refractivity contribution in [2.24, 2.45) is 0 Å². The minimum absolute atomic E-state index is 0.0320. The molecule has 0 aromatic heterocycles. The summed E-state index contributed by atoms with van der Waals surface area (Å²) in [7, 11) is -3.85. The minimum Gasteiger partial charge on any atom is -0.354 e. The molecule has 192 valence electrons. The molecule has 0 radical (unpaired) electrons. The van der Waals surface area contributed by atoms with E-state index in [1.165, 1.54) is 17.0 Å². The van der Waals surface area contributed by atoms with E-state index in [1.54, 1.807) is 43.3 Å². The van der Waals surface area contributed by atoms with Gasteiger partial charge in [0, 0.05) is 18.5 Å². The maximum Gasteiger partial charge on any atom is 0.244 e. The Morgan fingerprint density at radius 3 is 2.28 bits per heavy atom. The molecule has 0 unspecified atom stereocenters. The van der Waals surface area contributed by atoms with Crippen LogP contribution in [0.1, 0.15) is 32.3 Å². The third-order valence-corrected chi connectivity index (χ3v) is 7.04. The number of anilines is 1. The van der Waals surface area contributed by atoms with E-state index >= 15 is 0 Å². The Hall–Kier alpha value is -3.46. The summed E-state index contributed by atoms with van der Waals surface area (Å²) in [5, 5.41) is 4.36. The van der Waals surface area contributed by atoms with Crippen LogP contribution in [0.3, 0.4) is 0 Å². The summed E-state index contributed by atoms with van der Waals surface area (Å²) >= 11 is 0. The van der Waals surface area contributed by atoms with Gasteiger partial charge in [-0.2, -0.15) is 0 Å². The van der Waals surface area contributed by atoms with Gasteiger partial charge in [0.25, 0.3) is 0 Å². The molecule has 36 heavy (non-hydrogen) atoms. The predicted molar refractivity (Wildman–Crippen MR) is 140 cm³/mol. The van der Waals surface area contributed by atoms with Crippen molar-refractivity contribution in [3.63, 3.8) is 0 Å². The predicted octanol–water partition coefficient (Wildman–Crippen LogP) is 4.08. The van der Waals surface area contributed by atoms with E-state index in [0.717, 1.165) is 22.4 Å². The van der Waals surface area contributed by atoms with Crippen molar-refractivity contribution in [2.45, 2.75) is 39.3 Å². The van der Waals surface area contributed by atoms with Gasteiger partial charge in [-0.25, -0.2) is 12.8 Å². The van der Waals surface area contributed by atoms with Crippen molar-refractivity contribution < 1.29 is 22.4 Å². The van der Waals surface area contributed by atoms with Crippen LogP contribution >= 0.6 is 0 Å². The quantitative estimate of drug-likeness (QED) is 0.419. The number of carbonyl (C=O) groups is 2. The number of amides is 2. The van der Waals surface area contributed by atoms with E-state index in [9.17, 15) is 22.4 Å². The van der Waals surface area contributed by atoms with E-state index in [-0.39, 0.29) is 12.5 Å². The fourth-order valence-corrected chi connectivity index (χ4v) is 4.95. The number of halogens is 1. The van der Waals surface area contributed by atoms with E-state index in [2.05, 4.69) is 5.32 Å². The van der Waals surface area contributed by atoms with Gasteiger partial charge in [-0.3, -0.25) is 13.9 Å². The average molecular weight is 514 g/mol. The largest absolute Gasteiger partial charge is 0.354 e. The van der Waals surface area contributed by atoms with Crippen LogP contribution in [-0.2, 0) is 26.2 Å². The van der Waals surface area contributed by atoms with Crippen LogP contribution in [0.25, 0.3) is 10.8 Å². The number of nitrogens with zero attached hydrogens (tertiary/aromatic N) is 2. The number of hydrogen-bond acceptors (Lipinski definition) is 4. The molecule has 0 aliphatic rings. The van der Waals surface area contributed by atoms with Gasteiger partial charge < -0.3 is 10.2 Å². The van der Waals surface area contributed by atoms with Crippen LogP contribution in [0.4, 0.5) is 10.1 Å². The second kappa shape index (κ2) is 12.0. The highest BCUT2D eigenvalue weighted by atomic mass is 32.2. The number of carbonyl (C=O) groups excluding carboxylic acids is 2. The van der Waals surface area contributed by atoms with Gasteiger partial charge in [-0.05, 0) is 42.0 Å². The Morgan fingerprint density at radius 2 is 1.64 bits per heavy atom. The molecule has 0 bridgehead atoms. The third-order valence-electron chi connectivity index (χ3n) is 5.92. The SMILES string of the molecule is CCCNC(=O)[C@H](CC)N(Cc1ccc(F)cc1)C(=O)CN(c1cccc2ccccc12)S(C)(=O)=O. The van der Waals surface area contributed by atoms with Gasteiger partial charge in [-0.1, -0.05) is 62.4 Å². The Morgan fingerprint density at radius 1 is 0.972 bits per heavy atom. The van der Waals surface area contributed by atoms with E-state index < -0.39 is 34.3 Å². The maximum atomic E-state index is 13.7. The lowest BCUT2D eigenvalue weighted by atomic mass is 10.1. The molecular formula is C27H32FN3O4S. The smallest absolute Gasteiger partial charge is 0.244 e. The van der Waals surface area contributed by atoms with Crippen LogP contribution < -0.4 is 9.62 Å². The van der Waals surface area contributed by atoms with Crippen molar-refractivity contribution in [3.8, 4) is 0 Å². The zero-order chi connectivity index (χ0) is 26.3. The standard InChI is InChI=1S/C27H32FN3O4S/c1-4-17-29-27(33)24(5-2)30(18-20-13-15-22(28)16-14-20)26(32)19-31(36(3,34)35)25-12-8-10-21-9-6-7-11-23(21)25/h6-16,24H,4-5,17-19H2,1-3H3,(H,29,33)/t24-/m0/s1. The summed E-state index contributed by atoms with van der Waals surface area (Å²) < 4.78 is 40.3. The second-order valence-corrected chi connectivity index (χ2v) is 10.5. The van der Waals surface area contributed by atoms with Crippen molar-refractivity contribution >= 4 is 38.3 Å². The maximum absolute atomic E-state index is 13.7. The number of benzene rings is 3. The fraction of sp³-hybridized carbons (Fsp3) is 0.333. The molecular weight excluding hydrogens is 481 g/mol. The number of rotatable bonds is 11. The number of sulfonamides is 1. The average Bonchev–Trinajstić information content (AvgIpc) is 2.86. The third kappa shape index (κ3) is 6.60. The number of hydrogen-bond donors (Lipinski definition) is 1. The Kier molecular flexibility index (Phi) is 9.03. The van der Waals surface area contributed by atoms with Gasteiger partial charge in [0.15, 0.2) is 0 Å². The lowest BCUT2D eigenvalue weighted by Crippen LogP contribution is -2.52. The van der Waals surface area contributed by atoms with Crippen LogP contribution in [0, 0.1) is 5.82 Å². The molecule has 0 spiro atoms. The monoisotopic (exact) mass is 513 g/mol. The molecule has 3 rings (SSSR count). The van der Waals surface area contributed by atoms with E-state index in [4.69, 9.17) is 0 Å². The van der Waals surface area contributed by atoms with E-state index in [1.807, 2.05) is 25.1 Å². The van der Waals surface area contributed by atoms with Crippen molar-refractivity contribution in [3.05, 3.63) is 78.1 Å². The molecule has 9 heteroatoms. The van der Waals surface area contributed by atoms with Crippen LogP contribution in [-0.4, -0.2) is 50.5 Å². The zero-order valence-electron chi connectivity index (χ0n) is 20.8. The van der Waals surface area contributed by atoms with Crippen LogP contribution in [0.15, 0.2) is 66.7 Å². The van der Waals surface area contributed by atoms with Gasteiger partial charge in [-0.15, -0.1) is 0 Å². The summed E-state index contributed by atoms with van der Waals surface area (Å²) in [5.41, 5.74) is 1.01. The molecule has 0 saturated heterocycles. The van der Waals surface area contributed by atoms with Crippen molar-refractivity contribution in [1.82, 2.24) is 10.2 Å². The summed E-state index contributed by atoms with van der Waals surface area (Å²) in [4.78, 5) is 28.1. The Bertz CT molecular complexity index is 1310. The Labute approximate surface area is 212 Å². The zero-order valence-corrected chi connectivity index (χ0v) is 21.6. The molecule has 1 atom stereocenters. The minimum atomic E-state index is -3.85. The molecule has 0 saturated carbocycles. The summed E-state index contributed by atoms with van der Waals surface area (Å²) in [6.45, 7) is 3.73. The molecule has 0 heterocycles. The molecule has 1 N–H and O–H groups in total. The van der Waals surface area contributed by atoms with Gasteiger partial charge in [0.05, 0.1) is 11.9 Å². The first-order valence-electron chi connectivity index (χ1n) is 11.9. The Balaban J connectivity index is 2.00. The van der Waals surface area contributed by atoms with Gasteiger partial charge in [0.2, 0.25) is 21.8 Å². The fourth-order valence-electron chi connectivity index (χ4n) is 4.09. The molecule has 0 aliphatic carbocycles. The summed E-state index contributed by atoms with van der Waals surface area (Å²) in [6.07, 6.45) is 2.12. The molecule has 7 nitrogen and oxygen atoms in total. The first-order chi connectivity index (χ1) is 17.2. The van der Waals surface area contributed by atoms with E-state index in [0.29, 0.717) is 29.6 Å². The van der Waals surface area contributed by atoms with Crippen molar-refractivity contribution in [2.75, 3.05) is 23.7 Å². The molecule has 2 amide bonds. The lowest BCUT2D eigenvalue weighted by Gasteiger charge is -2.33. The number of fused-ring (bicyclic) bond motifs is 1. The molecule has 0 fully saturated rings. The summed E-state index contributed by atoms with van der Waals surface area (Å²) in [6, 6.07) is 17.4. The molecule has 0 aliphatic heterocycles. The first-order valence-corrected chi connectivity index (χ1v) is 13.8. The van der Waals surface area contributed by atoms with Crippen LogP contribution in [0.2, 0.25) is 0 Å². The summed E-state index contributed by atoms with van der Waals surface area (Å²) in [5.74, 6) is -1.26. The highest BCUT2D eigenvalue weighted by Crippen LogP contribution is 2.28. The molecule has 3 aromatic rings. The second-order valence-electron chi connectivity index (χ2n) is 8.63. The first kappa shape index (κ1) is 27.1. The van der Waals surface area contributed by atoms with Gasteiger partial charge in [0.1, 0.15) is 18.4 Å². The topological polar surface area (TPSA) is 86.8 Å². The molecule has 3 aromatic carbocycles. The number of nitrogens with one attached hydrogen (secondary N) is 1.